The Kier molecular flexibility index (Phi) is 11.6. The molecule has 6 rings (SSSR count). The Morgan fingerprint density at radius 3 is 2.23 bits per heavy atom. The van der Waals surface area contributed by atoms with E-state index in [1.165, 1.54) is 38.9 Å². The molecule has 1 aliphatic rings. The number of hydrogen-bond donors (Lipinski definition) is 1. The van der Waals surface area contributed by atoms with Crippen molar-refractivity contribution in [2.24, 2.45) is 17.8 Å². The number of nitrogens with zero attached hydrogens (tertiary/aromatic N) is 1. The van der Waals surface area contributed by atoms with Gasteiger partial charge in [-0.2, -0.15) is 0 Å². The van der Waals surface area contributed by atoms with Crippen LogP contribution in [0.4, 0.5) is 0 Å². The first-order chi connectivity index (χ1) is 22.0. The van der Waals surface area contributed by atoms with Crippen LogP contribution in [0.1, 0.15) is 103 Å². The van der Waals surface area contributed by atoms with Gasteiger partial charge in [0.2, 0.25) is 0 Å². The van der Waals surface area contributed by atoms with Crippen LogP contribution in [0.5, 0.6) is 0 Å². The van der Waals surface area contributed by atoms with Crippen molar-refractivity contribution >= 4 is 38.6 Å². The summed E-state index contributed by atoms with van der Waals surface area (Å²) in [4.78, 5) is 16.9. The number of allylic oxidation sites excluding steroid dienone is 2. The average Bonchev–Trinajstić information content (AvgIpc) is 3.41. The molecule has 0 aliphatic heterocycles. The summed E-state index contributed by atoms with van der Waals surface area (Å²) in [7, 11) is 0. The third-order valence-corrected chi connectivity index (χ3v) is 9.98. The Morgan fingerprint density at radius 1 is 0.936 bits per heavy atom. The number of para-hydroxylation sites is 1. The molecule has 1 N–H and O–H groups in total. The van der Waals surface area contributed by atoms with Crippen molar-refractivity contribution in [1.29, 1.82) is 0 Å². The number of rotatable bonds is 9. The molecule has 0 atom stereocenters. The quantitative estimate of drug-likeness (QED) is 0.0915. The van der Waals surface area contributed by atoms with E-state index in [0.29, 0.717) is 5.92 Å². The molecule has 0 bridgehead atoms. The van der Waals surface area contributed by atoms with E-state index in [1.54, 1.807) is 0 Å². The number of aromatic nitrogens is 1. The number of aliphatic hydroxyl groups excluding tert-OH is 1. The van der Waals surface area contributed by atoms with Gasteiger partial charge in [0.15, 0.2) is 5.78 Å². The molecule has 5 heteroatoms. The Bertz CT molecular complexity index is 1920. The molecule has 0 amide bonds. The van der Waals surface area contributed by atoms with Gasteiger partial charge in [-0.3, -0.25) is 9.78 Å². The Balaban J connectivity index is 0.000000269. The average molecular weight is 809 g/mol. The van der Waals surface area contributed by atoms with Gasteiger partial charge in [-0.05, 0) is 71.7 Å². The van der Waals surface area contributed by atoms with E-state index in [1.807, 2.05) is 27.7 Å². The number of pyridine rings is 1. The second-order valence-corrected chi connectivity index (χ2v) is 13.9. The number of hydrogen-bond acceptors (Lipinski definition) is 4. The van der Waals surface area contributed by atoms with E-state index in [9.17, 15) is 9.90 Å². The van der Waals surface area contributed by atoms with Gasteiger partial charge in [0, 0.05) is 43.4 Å². The van der Waals surface area contributed by atoms with E-state index in [2.05, 4.69) is 89.2 Å². The predicted octanol–water partition coefficient (Wildman–Crippen LogP) is 11.6. The summed E-state index contributed by atoms with van der Waals surface area (Å²) in [6, 6.07) is 21.0. The molecule has 3 aromatic carbocycles. The third kappa shape index (κ3) is 6.85. The molecule has 251 valence electrons. The van der Waals surface area contributed by atoms with Crippen LogP contribution in [0, 0.1) is 30.7 Å². The first-order valence-corrected chi connectivity index (χ1v) is 17.2. The molecule has 5 aromatic rings. The topological polar surface area (TPSA) is 63.3 Å². The molecule has 2 heterocycles. The van der Waals surface area contributed by atoms with Crippen LogP contribution in [0.3, 0.4) is 0 Å². The Morgan fingerprint density at radius 2 is 1.60 bits per heavy atom. The summed E-state index contributed by atoms with van der Waals surface area (Å²) in [5.74, 6) is 1.11. The fraction of sp³-hybridized carbons (Fsp3) is 0.429. The van der Waals surface area contributed by atoms with E-state index in [4.69, 9.17) is 9.40 Å². The zero-order valence-electron chi connectivity index (χ0n) is 29.5. The minimum atomic E-state index is -0.210. The summed E-state index contributed by atoms with van der Waals surface area (Å²) >= 11 is 0. The van der Waals surface area contributed by atoms with Gasteiger partial charge in [-0.25, -0.2) is 0 Å². The summed E-state index contributed by atoms with van der Waals surface area (Å²) in [5.41, 5.74) is 9.88. The minimum Gasteiger partial charge on any atom is -0.512 e. The van der Waals surface area contributed by atoms with Crippen LogP contribution in [-0.4, -0.2) is 15.9 Å². The van der Waals surface area contributed by atoms with Crippen molar-refractivity contribution in [3.05, 3.63) is 88.7 Å². The maximum Gasteiger partial charge on any atom is 0.162 e. The maximum atomic E-state index is 11.7. The minimum absolute atomic E-state index is 0. The Labute approximate surface area is 294 Å². The third-order valence-electron chi connectivity index (χ3n) is 9.98. The van der Waals surface area contributed by atoms with Crippen LogP contribution < -0.4 is 0 Å². The molecule has 0 fully saturated rings. The van der Waals surface area contributed by atoms with Gasteiger partial charge in [0.05, 0.1) is 16.9 Å². The summed E-state index contributed by atoms with van der Waals surface area (Å²) in [5, 5.41) is 13.4. The monoisotopic (exact) mass is 809 g/mol. The number of carbonyl (C=O) groups is 1. The van der Waals surface area contributed by atoms with Gasteiger partial charge < -0.3 is 9.52 Å². The second kappa shape index (κ2) is 14.9. The van der Waals surface area contributed by atoms with Gasteiger partial charge in [0.25, 0.3) is 0 Å². The van der Waals surface area contributed by atoms with Crippen molar-refractivity contribution in [2.45, 2.75) is 99.8 Å². The first kappa shape index (κ1) is 36.6. The van der Waals surface area contributed by atoms with Gasteiger partial charge in [0.1, 0.15) is 5.58 Å². The van der Waals surface area contributed by atoms with E-state index < -0.39 is 0 Å². The van der Waals surface area contributed by atoms with Crippen LogP contribution in [0.2, 0.25) is 0 Å². The van der Waals surface area contributed by atoms with Crippen LogP contribution in [0.25, 0.3) is 44.1 Å². The molecule has 2 aromatic heterocycles. The molecule has 0 unspecified atom stereocenters. The van der Waals surface area contributed by atoms with E-state index in [0.717, 1.165) is 65.6 Å². The van der Waals surface area contributed by atoms with Crippen molar-refractivity contribution in [3.8, 4) is 11.3 Å². The zero-order chi connectivity index (χ0) is 33.3. The first-order valence-electron chi connectivity index (χ1n) is 17.2. The van der Waals surface area contributed by atoms with Crippen molar-refractivity contribution in [1.82, 2.24) is 4.98 Å². The number of fused-ring (bicyclic) bond motifs is 3. The molecular weight excluding hydrogens is 759 g/mol. The fourth-order valence-corrected chi connectivity index (χ4v) is 7.11. The summed E-state index contributed by atoms with van der Waals surface area (Å²) in [6.07, 6.45) is 5.91. The number of benzene rings is 3. The molecule has 47 heavy (non-hydrogen) atoms. The number of aliphatic hydroxyl groups is 1. The standard InChI is InChI=1S/C29H26NO.C13H24O2.Ir/c1-16(2)14-19-11-13-21-25-24-20(12-10-17(3)27(24)31-28(19)25)26-22(29(21,4)5)15-18-8-6-7-9-23(18)30-26;1-5-10(6-2)12(14)9-13(15)11(7-3)8-4;/h6-11,13,15-16H,14H2,1-5H3;9-11,14H,5-8H2,1-4H3;/q-1;;/b;12-9-;. The zero-order valence-corrected chi connectivity index (χ0v) is 31.9. The van der Waals surface area contributed by atoms with Gasteiger partial charge in [-0.1, -0.05) is 115 Å². The largest absolute Gasteiger partial charge is 0.512 e. The Hall–Kier alpha value is -3.27. The smallest absolute Gasteiger partial charge is 0.162 e. The maximum absolute atomic E-state index is 11.7. The summed E-state index contributed by atoms with van der Waals surface area (Å²) < 4.78 is 6.62. The second-order valence-electron chi connectivity index (χ2n) is 13.9. The number of carbonyl (C=O) groups excluding carboxylic acids is 1. The fourth-order valence-electron chi connectivity index (χ4n) is 7.11. The van der Waals surface area contributed by atoms with Crippen molar-refractivity contribution in [3.63, 3.8) is 0 Å². The van der Waals surface area contributed by atoms with Gasteiger partial charge >= 0.3 is 0 Å². The molecule has 0 saturated heterocycles. The van der Waals surface area contributed by atoms with Crippen LogP contribution in [0.15, 0.2) is 64.8 Å². The number of ketones is 1. The molecule has 1 radical (unpaired) electrons. The van der Waals surface area contributed by atoms with Crippen LogP contribution >= 0.6 is 0 Å². The van der Waals surface area contributed by atoms with Crippen molar-refractivity contribution in [2.75, 3.05) is 0 Å². The number of furan rings is 1. The normalized spacial score (nSPS) is 13.7. The predicted molar refractivity (Wildman–Crippen MR) is 193 cm³/mol. The molecule has 0 spiro atoms. The molecule has 1 aliphatic carbocycles. The molecule has 0 saturated carbocycles. The van der Waals surface area contributed by atoms with E-state index in [-0.39, 0.29) is 48.9 Å². The van der Waals surface area contributed by atoms with Crippen LogP contribution in [-0.2, 0) is 36.7 Å². The molecular formula is C42H50IrNO3-. The molecule has 4 nitrogen and oxygen atoms in total. The van der Waals surface area contributed by atoms with E-state index >= 15 is 0 Å². The van der Waals surface area contributed by atoms with Gasteiger partial charge in [-0.15, -0.1) is 17.7 Å². The van der Waals surface area contributed by atoms with Crippen molar-refractivity contribution < 1.29 is 34.4 Å². The SMILES string of the molecule is CCC(CC)C(=O)/C=C(\O)C(CC)CC.Cc1c[c-]c2c3c1oc1c(CC(C)C)ccc(c13)C(C)(C)c1cc3ccccc3nc1-2.[Ir]. The number of aryl methyl sites for hydroxylation is 1. The summed E-state index contributed by atoms with van der Waals surface area (Å²) in [6.45, 7) is 19.3.